The van der Waals surface area contributed by atoms with Crippen LogP contribution in [0.4, 0.5) is 0 Å². The van der Waals surface area contributed by atoms with Crippen molar-refractivity contribution in [1.82, 2.24) is 5.32 Å². The van der Waals surface area contributed by atoms with Gasteiger partial charge in [0.25, 0.3) is 0 Å². The minimum absolute atomic E-state index is 0.781. The Hall–Kier alpha value is -0.340. The van der Waals surface area contributed by atoms with Gasteiger partial charge < -0.3 is 5.32 Å². The number of hydrogen-bond donors (Lipinski definition) is 1. The zero-order valence-electron chi connectivity index (χ0n) is 9.56. The predicted octanol–water partition coefficient (Wildman–Crippen LogP) is 3.40. The SMILES string of the molecule is Brc1cc(C2CCNCC2)cc2c1CCC2. The van der Waals surface area contributed by atoms with Crippen molar-refractivity contribution < 1.29 is 0 Å². The molecular formula is C14H18BrN. The highest BCUT2D eigenvalue weighted by atomic mass is 79.9. The van der Waals surface area contributed by atoms with Gasteiger partial charge in [-0.2, -0.15) is 0 Å². The van der Waals surface area contributed by atoms with Crippen LogP contribution in [0, 0.1) is 0 Å². The molecule has 1 aliphatic heterocycles. The standard InChI is InChI=1S/C14H18BrN/c15-14-9-12(10-4-6-16-7-5-10)8-11-2-1-3-13(11)14/h8-10,16H,1-7H2. The molecule has 1 fully saturated rings. The number of fused-ring (bicyclic) bond motifs is 1. The lowest BCUT2D eigenvalue weighted by molar-refractivity contribution is 0.460. The summed E-state index contributed by atoms with van der Waals surface area (Å²) in [4.78, 5) is 0. The highest BCUT2D eigenvalue weighted by Crippen LogP contribution is 2.35. The number of nitrogens with one attached hydrogen (secondary N) is 1. The zero-order chi connectivity index (χ0) is 11.0. The second kappa shape index (κ2) is 4.50. The molecule has 1 aliphatic carbocycles. The Bertz CT molecular complexity index is 394. The number of halogens is 1. The third kappa shape index (κ3) is 1.93. The molecule has 0 amide bonds. The molecule has 1 aromatic rings. The topological polar surface area (TPSA) is 12.0 Å². The van der Waals surface area contributed by atoms with Crippen molar-refractivity contribution in [3.63, 3.8) is 0 Å². The van der Waals surface area contributed by atoms with E-state index in [4.69, 9.17) is 0 Å². The maximum absolute atomic E-state index is 3.75. The van der Waals surface area contributed by atoms with Gasteiger partial charge in [0, 0.05) is 4.47 Å². The van der Waals surface area contributed by atoms with E-state index in [-0.39, 0.29) is 0 Å². The summed E-state index contributed by atoms with van der Waals surface area (Å²) in [6, 6.07) is 4.85. The third-order valence-corrected chi connectivity index (χ3v) is 4.70. The average Bonchev–Trinajstić information content (AvgIpc) is 2.79. The van der Waals surface area contributed by atoms with Crippen molar-refractivity contribution in [3.8, 4) is 0 Å². The molecule has 1 heterocycles. The first-order valence-electron chi connectivity index (χ1n) is 6.36. The summed E-state index contributed by atoms with van der Waals surface area (Å²) >= 11 is 3.75. The van der Waals surface area contributed by atoms with Crippen LogP contribution in [-0.4, -0.2) is 13.1 Å². The van der Waals surface area contributed by atoms with Crippen molar-refractivity contribution in [2.24, 2.45) is 0 Å². The van der Waals surface area contributed by atoms with Crippen molar-refractivity contribution in [3.05, 3.63) is 33.3 Å². The van der Waals surface area contributed by atoms with Crippen LogP contribution < -0.4 is 5.32 Å². The quantitative estimate of drug-likeness (QED) is 0.831. The first kappa shape index (κ1) is 10.8. The molecule has 2 heteroatoms. The Labute approximate surface area is 106 Å². The van der Waals surface area contributed by atoms with Crippen molar-refractivity contribution in [2.75, 3.05) is 13.1 Å². The fourth-order valence-electron chi connectivity index (χ4n) is 3.07. The van der Waals surface area contributed by atoms with Gasteiger partial charge in [-0.15, -0.1) is 0 Å². The maximum atomic E-state index is 3.75. The molecule has 1 aromatic carbocycles. The first-order chi connectivity index (χ1) is 7.84. The lowest BCUT2D eigenvalue weighted by Gasteiger charge is -2.24. The molecule has 0 spiro atoms. The molecule has 1 N–H and O–H groups in total. The lowest BCUT2D eigenvalue weighted by Crippen LogP contribution is -2.26. The van der Waals surface area contributed by atoms with E-state index >= 15 is 0 Å². The van der Waals surface area contributed by atoms with Gasteiger partial charge in [-0.05, 0) is 73.9 Å². The van der Waals surface area contributed by atoms with Crippen molar-refractivity contribution in [2.45, 2.75) is 38.0 Å². The van der Waals surface area contributed by atoms with E-state index < -0.39 is 0 Å². The van der Waals surface area contributed by atoms with Crippen molar-refractivity contribution >= 4 is 15.9 Å². The van der Waals surface area contributed by atoms with Gasteiger partial charge in [-0.3, -0.25) is 0 Å². The molecule has 0 unspecified atom stereocenters. The molecule has 0 radical (unpaired) electrons. The smallest absolute Gasteiger partial charge is 0.0212 e. The van der Waals surface area contributed by atoms with Crippen LogP contribution in [0.3, 0.4) is 0 Å². The van der Waals surface area contributed by atoms with Crippen molar-refractivity contribution in [1.29, 1.82) is 0 Å². The molecule has 0 aromatic heterocycles. The van der Waals surface area contributed by atoms with Crippen LogP contribution in [0.15, 0.2) is 16.6 Å². The fourth-order valence-corrected chi connectivity index (χ4v) is 3.78. The number of piperidine rings is 1. The summed E-state index contributed by atoms with van der Waals surface area (Å²) in [7, 11) is 0. The van der Waals surface area contributed by atoms with Crippen LogP contribution in [0.25, 0.3) is 0 Å². The Kier molecular flexibility index (Phi) is 3.03. The van der Waals surface area contributed by atoms with Crippen LogP contribution in [0.1, 0.15) is 41.9 Å². The van der Waals surface area contributed by atoms with E-state index in [2.05, 4.69) is 33.4 Å². The van der Waals surface area contributed by atoms with E-state index in [1.807, 2.05) is 0 Å². The number of hydrogen-bond acceptors (Lipinski definition) is 1. The molecule has 0 saturated carbocycles. The van der Waals surface area contributed by atoms with Crippen LogP contribution >= 0.6 is 15.9 Å². The normalized spacial score (nSPS) is 21.1. The molecule has 0 atom stereocenters. The number of aryl methyl sites for hydroxylation is 1. The van der Waals surface area contributed by atoms with Gasteiger partial charge >= 0.3 is 0 Å². The molecule has 1 saturated heterocycles. The Morgan fingerprint density at radius 3 is 2.75 bits per heavy atom. The minimum Gasteiger partial charge on any atom is -0.317 e. The summed E-state index contributed by atoms with van der Waals surface area (Å²) in [5.74, 6) is 0.781. The maximum Gasteiger partial charge on any atom is 0.0212 e. The molecule has 0 bridgehead atoms. The monoisotopic (exact) mass is 279 g/mol. The highest BCUT2D eigenvalue weighted by Gasteiger charge is 2.20. The van der Waals surface area contributed by atoms with Gasteiger partial charge in [-0.1, -0.05) is 22.0 Å². The third-order valence-electron chi connectivity index (χ3n) is 3.99. The van der Waals surface area contributed by atoms with Crippen LogP contribution in [0.2, 0.25) is 0 Å². The zero-order valence-corrected chi connectivity index (χ0v) is 11.1. The highest BCUT2D eigenvalue weighted by molar-refractivity contribution is 9.10. The van der Waals surface area contributed by atoms with E-state index in [0.29, 0.717) is 0 Å². The largest absolute Gasteiger partial charge is 0.317 e. The lowest BCUT2D eigenvalue weighted by atomic mass is 9.88. The molecule has 86 valence electrons. The molecular weight excluding hydrogens is 262 g/mol. The number of rotatable bonds is 1. The Morgan fingerprint density at radius 1 is 1.12 bits per heavy atom. The van der Waals surface area contributed by atoms with Gasteiger partial charge in [-0.25, -0.2) is 0 Å². The summed E-state index contributed by atoms with van der Waals surface area (Å²) in [5, 5.41) is 3.44. The van der Waals surface area contributed by atoms with Gasteiger partial charge in [0.1, 0.15) is 0 Å². The van der Waals surface area contributed by atoms with Gasteiger partial charge in [0.05, 0.1) is 0 Å². The molecule has 3 rings (SSSR count). The molecule has 16 heavy (non-hydrogen) atoms. The minimum atomic E-state index is 0.781. The first-order valence-corrected chi connectivity index (χ1v) is 7.16. The summed E-state index contributed by atoms with van der Waals surface area (Å²) in [6.07, 6.45) is 6.48. The van der Waals surface area contributed by atoms with E-state index in [1.165, 1.54) is 49.7 Å². The predicted molar refractivity (Wildman–Crippen MR) is 71.0 cm³/mol. The second-order valence-electron chi connectivity index (χ2n) is 5.02. The number of benzene rings is 1. The van der Waals surface area contributed by atoms with Crippen LogP contribution in [-0.2, 0) is 12.8 Å². The van der Waals surface area contributed by atoms with Crippen LogP contribution in [0.5, 0.6) is 0 Å². The summed E-state index contributed by atoms with van der Waals surface area (Å²) in [6.45, 7) is 2.36. The molecule has 2 aliphatic rings. The fraction of sp³-hybridized carbons (Fsp3) is 0.571. The van der Waals surface area contributed by atoms with Gasteiger partial charge in [0.15, 0.2) is 0 Å². The van der Waals surface area contributed by atoms with E-state index in [0.717, 1.165) is 5.92 Å². The van der Waals surface area contributed by atoms with E-state index in [9.17, 15) is 0 Å². The summed E-state index contributed by atoms with van der Waals surface area (Å²) < 4.78 is 1.36. The summed E-state index contributed by atoms with van der Waals surface area (Å²) in [5.41, 5.74) is 4.73. The van der Waals surface area contributed by atoms with E-state index in [1.54, 1.807) is 16.7 Å². The molecule has 1 nitrogen and oxygen atoms in total. The van der Waals surface area contributed by atoms with Gasteiger partial charge in [0.2, 0.25) is 0 Å². The average molecular weight is 280 g/mol. The Morgan fingerprint density at radius 2 is 1.94 bits per heavy atom. The second-order valence-corrected chi connectivity index (χ2v) is 5.87. The Balaban J connectivity index is 1.92.